The third-order valence-corrected chi connectivity index (χ3v) is 4.20. The molecule has 0 radical (unpaired) electrons. The van der Waals surface area contributed by atoms with Crippen LogP contribution in [0.15, 0.2) is 48.5 Å². The zero-order valence-electron chi connectivity index (χ0n) is 13.0. The Balaban J connectivity index is 0.00000208. The summed E-state index contributed by atoms with van der Waals surface area (Å²) < 4.78 is 13.4. The van der Waals surface area contributed by atoms with Crippen molar-refractivity contribution in [1.82, 2.24) is 10.6 Å². The summed E-state index contributed by atoms with van der Waals surface area (Å²) in [6.07, 6.45) is 0.534. The fourth-order valence-corrected chi connectivity index (χ4v) is 3.11. The van der Waals surface area contributed by atoms with Crippen LogP contribution in [0.4, 0.5) is 9.18 Å². The summed E-state index contributed by atoms with van der Waals surface area (Å²) >= 11 is 0. The normalized spacial score (nSPS) is 19.5. The van der Waals surface area contributed by atoms with Gasteiger partial charge in [-0.1, -0.05) is 36.4 Å². The SMILES string of the molecule is Cl.O=C(O)NC1CCNC1Cc1cccc(-c2cccc(F)c2)c1. The van der Waals surface area contributed by atoms with Crippen LogP contribution in [0.3, 0.4) is 0 Å². The van der Waals surface area contributed by atoms with Gasteiger partial charge in [-0.15, -0.1) is 12.4 Å². The quantitative estimate of drug-likeness (QED) is 0.791. The van der Waals surface area contributed by atoms with Gasteiger partial charge in [0.25, 0.3) is 0 Å². The maximum atomic E-state index is 13.4. The summed E-state index contributed by atoms with van der Waals surface area (Å²) in [6, 6.07) is 14.5. The molecule has 1 fully saturated rings. The van der Waals surface area contributed by atoms with Gasteiger partial charge >= 0.3 is 6.09 Å². The molecule has 2 aromatic rings. The van der Waals surface area contributed by atoms with Crippen LogP contribution in [-0.2, 0) is 6.42 Å². The van der Waals surface area contributed by atoms with Crippen LogP contribution >= 0.6 is 12.4 Å². The lowest BCUT2D eigenvalue weighted by molar-refractivity contribution is 0.188. The first-order chi connectivity index (χ1) is 11.1. The summed E-state index contributed by atoms with van der Waals surface area (Å²) in [5.74, 6) is -0.254. The molecule has 4 nitrogen and oxygen atoms in total. The summed E-state index contributed by atoms with van der Waals surface area (Å²) in [7, 11) is 0. The Morgan fingerprint density at radius 3 is 2.62 bits per heavy atom. The van der Waals surface area contributed by atoms with Gasteiger partial charge in [0.2, 0.25) is 0 Å². The zero-order valence-corrected chi connectivity index (χ0v) is 13.9. The van der Waals surface area contributed by atoms with E-state index in [0.717, 1.165) is 36.1 Å². The van der Waals surface area contributed by atoms with E-state index >= 15 is 0 Å². The lowest BCUT2D eigenvalue weighted by atomic mass is 9.97. The van der Waals surface area contributed by atoms with Crippen molar-refractivity contribution in [2.75, 3.05) is 6.54 Å². The van der Waals surface area contributed by atoms with Crippen LogP contribution in [-0.4, -0.2) is 29.8 Å². The van der Waals surface area contributed by atoms with E-state index in [2.05, 4.69) is 10.6 Å². The number of amides is 1. The molecular weight excluding hydrogens is 331 g/mol. The Labute approximate surface area is 146 Å². The minimum Gasteiger partial charge on any atom is -0.465 e. The molecule has 1 saturated heterocycles. The minimum absolute atomic E-state index is 0. The maximum absolute atomic E-state index is 13.4. The molecule has 2 aromatic carbocycles. The molecule has 3 N–H and O–H groups in total. The number of hydrogen-bond acceptors (Lipinski definition) is 2. The standard InChI is InChI=1S/C18H19FN2O2.ClH/c19-15-6-2-5-14(11-15)13-4-1-3-12(9-13)10-17-16(7-8-20-17)21-18(22)23;/h1-6,9,11,16-17,20-21H,7-8,10H2,(H,22,23);1H. The highest BCUT2D eigenvalue weighted by molar-refractivity contribution is 5.85. The second kappa shape index (κ2) is 8.13. The molecule has 1 aliphatic heterocycles. The van der Waals surface area contributed by atoms with Gasteiger partial charge < -0.3 is 15.7 Å². The fraction of sp³-hybridized carbons (Fsp3) is 0.278. The predicted octanol–water partition coefficient (Wildman–Crippen LogP) is 3.46. The van der Waals surface area contributed by atoms with Gasteiger partial charge in [0.15, 0.2) is 0 Å². The average molecular weight is 351 g/mol. The topological polar surface area (TPSA) is 61.4 Å². The first kappa shape index (κ1) is 18.2. The van der Waals surface area contributed by atoms with Crippen LogP contribution < -0.4 is 10.6 Å². The van der Waals surface area contributed by atoms with Crippen molar-refractivity contribution in [3.63, 3.8) is 0 Å². The molecule has 1 heterocycles. The molecule has 24 heavy (non-hydrogen) atoms. The molecule has 0 aromatic heterocycles. The second-order valence-corrected chi connectivity index (χ2v) is 5.82. The minimum atomic E-state index is -0.989. The molecule has 0 spiro atoms. The lowest BCUT2D eigenvalue weighted by Gasteiger charge is -2.19. The van der Waals surface area contributed by atoms with E-state index in [-0.39, 0.29) is 30.3 Å². The van der Waals surface area contributed by atoms with Crippen molar-refractivity contribution >= 4 is 18.5 Å². The third kappa shape index (κ3) is 4.46. The highest BCUT2D eigenvalue weighted by Crippen LogP contribution is 2.23. The number of benzene rings is 2. The third-order valence-electron chi connectivity index (χ3n) is 4.20. The molecule has 3 rings (SSSR count). The summed E-state index contributed by atoms with van der Waals surface area (Å²) in [6.45, 7) is 0.805. The first-order valence-electron chi connectivity index (χ1n) is 7.69. The van der Waals surface area contributed by atoms with Crippen molar-refractivity contribution in [3.05, 3.63) is 59.9 Å². The Hall–Kier alpha value is -2.11. The van der Waals surface area contributed by atoms with Gasteiger partial charge in [0, 0.05) is 12.1 Å². The smallest absolute Gasteiger partial charge is 0.404 e. The number of carboxylic acid groups (broad SMARTS) is 1. The Kier molecular flexibility index (Phi) is 6.17. The largest absolute Gasteiger partial charge is 0.465 e. The van der Waals surface area contributed by atoms with E-state index in [1.807, 2.05) is 30.3 Å². The molecule has 1 aliphatic rings. The van der Waals surface area contributed by atoms with E-state index in [1.165, 1.54) is 12.1 Å². The molecule has 2 atom stereocenters. The zero-order chi connectivity index (χ0) is 16.2. The van der Waals surface area contributed by atoms with Crippen molar-refractivity contribution in [2.45, 2.75) is 24.9 Å². The second-order valence-electron chi connectivity index (χ2n) is 5.82. The van der Waals surface area contributed by atoms with E-state index in [4.69, 9.17) is 5.11 Å². The fourth-order valence-electron chi connectivity index (χ4n) is 3.11. The van der Waals surface area contributed by atoms with Gasteiger partial charge in [-0.05, 0) is 48.2 Å². The van der Waals surface area contributed by atoms with Crippen molar-refractivity contribution in [2.24, 2.45) is 0 Å². The maximum Gasteiger partial charge on any atom is 0.404 e. The van der Waals surface area contributed by atoms with Gasteiger partial charge in [0.05, 0.1) is 0 Å². The molecular formula is C18H20ClFN2O2. The molecule has 6 heteroatoms. The van der Waals surface area contributed by atoms with E-state index in [0.29, 0.717) is 0 Å². The highest BCUT2D eigenvalue weighted by Gasteiger charge is 2.28. The molecule has 0 saturated carbocycles. The summed E-state index contributed by atoms with van der Waals surface area (Å²) in [5, 5.41) is 14.8. The number of carbonyl (C=O) groups is 1. The number of halogens is 2. The van der Waals surface area contributed by atoms with Crippen LogP contribution in [0, 0.1) is 5.82 Å². The molecule has 1 amide bonds. The van der Waals surface area contributed by atoms with E-state index in [1.54, 1.807) is 6.07 Å². The molecule has 128 valence electrons. The van der Waals surface area contributed by atoms with Gasteiger partial charge in [-0.25, -0.2) is 9.18 Å². The van der Waals surface area contributed by atoms with Crippen LogP contribution in [0.5, 0.6) is 0 Å². The Bertz CT molecular complexity index is 711. The highest BCUT2D eigenvalue weighted by atomic mass is 35.5. The van der Waals surface area contributed by atoms with E-state index in [9.17, 15) is 9.18 Å². The Morgan fingerprint density at radius 2 is 1.92 bits per heavy atom. The molecule has 0 bridgehead atoms. The summed E-state index contributed by atoms with van der Waals surface area (Å²) in [5.41, 5.74) is 2.90. The van der Waals surface area contributed by atoms with E-state index < -0.39 is 6.09 Å². The van der Waals surface area contributed by atoms with Crippen molar-refractivity contribution in [1.29, 1.82) is 0 Å². The Morgan fingerprint density at radius 1 is 1.21 bits per heavy atom. The van der Waals surface area contributed by atoms with Crippen molar-refractivity contribution < 1.29 is 14.3 Å². The monoisotopic (exact) mass is 350 g/mol. The van der Waals surface area contributed by atoms with Gasteiger partial charge in [-0.2, -0.15) is 0 Å². The van der Waals surface area contributed by atoms with Gasteiger partial charge in [0.1, 0.15) is 5.82 Å². The predicted molar refractivity (Wildman–Crippen MR) is 94.1 cm³/mol. The average Bonchev–Trinajstić information content (AvgIpc) is 2.94. The molecule has 0 aliphatic carbocycles. The number of hydrogen-bond donors (Lipinski definition) is 3. The summed E-state index contributed by atoms with van der Waals surface area (Å²) in [4.78, 5) is 10.8. The first-order valence-corrected chi connectivity index (χ1v) is 7.69. The van der Waals surface area contributed by atoms with Crippen LogP contribution in [0.25, 0.3) is 11.1 Å². The number of nitrogens with one attached hydrogen (secondary N) is 2. The van der Waals surface area contributed by atoms with Crippen LogP contribution in [0.1, 0.15) is 12.0 Å². The van der Waals surface area contributed by atoms with Gasteiger partial charge in [-0.3, -0.25) is 0 Å². The van der Waals surface area contributed by atoms with Crippen LogP contribution in [0.2, 0.25) is 0 Å². The lowest BCUT2D eigenvalue weighted by Crippen LogP contribution is -2.44. The number of rotatable bonds is 4. The molecule has 2 unspecified atom stereocenters. The van der Waals surface area contributed by atoms with Crippen molar-refractivity contribution in [3.8, 4) is 11.1 Å².